The highest BCUT2D eigenvalue weighted by atomic mass is 16.4. The van der Waals surface area contributed by atoms with Crippen LogP contribution in [-0.2, 0) is 4.79 Å². The van der Waals surface area contributed by atoms with E-state index in [4.69, 9.17) is 10.2 Å². The Morgan fingerprint density at radius 2 is 2.20 bits per heavy atom. The molecular weight excluding hydrogens is 196 g/mol. The molecular formula is C10H22N2O3. The van der Waals surface area contributed by atoms with Gasteiger partial charge >= 0.3 is 5.97 Å². The minimum atomic E-state index is -0.720. The van der Waals surface area contributed by atoms with Crippen LogP contribution >= 0.6 is 0 Å². The molecule has 0 radical (unpaired) electrons. The van der Waals surface area contributed by atoms with Crippen molar-refractivity contribution in [2.24, 2.45) is 0 Å². The molecule has 90 valence electrons. The summed E-state index contributed by atoms with van der Waals surface area (Å²) in [4.78, 5) is 12.2. The Bertz CT molecular complexity index is 168. The summed E-state index contributed by atoms with van der Waals surface area (Å²) in [5.74, 6) is -0.720. The van der Waals surface area contributed by atoms with Crippen LogP contribution in [0.1, 0.15) is 19.3 Å². The smallest absolute Gasteiger partial charge is 0.320 e. The van der Waals surface area contributed by atoms with Gasteiger partial charge in [0.05, 0.1) is 0 Å². The maximum atomic E-state index is 10.1. The Labute approximate surface area is 91.1 Å². The fraction of sp³-hybridized carbons (Fsp3) is 0.900. The number of aliphatic carboxylic acids is 1. The molecule has 1 fully saturated rings. The lowest BCUT2D eigenvalue weighted by Gasteiger charge is -2.05. The van der Waals surface area contributed by atoms with Crippen molar-refractivity contribution < 1.29 is 15.0 Å². The molecule has 1 rings (SSSR count). The number of aliphatic hydroxyl groups is 1. The number of rotatable bonds is 4. The number of carboxylic acids is 1. The van der Waals surface area contributed by atoms with E-state index in [1.54, 1.807) is 0 Å². The molecule has 0 aromatic carbocycles. The Morgan fingerprint density at radius 3 is 2.40 bits per heavy atom. The fourth-order valence-electron chi connectivity index (χ4n) is 1.28. The molecule has 5 nitrogen and oxygen atoms in total. The van der Waals surface area contributed by atoms with Crippen LogP contribution in [0.25, 0.3) is 0 Å². The van der Waals surface area contributed by atoms with Crippen LogP contribution in [0.2, 0.25) is 0 Å². The van der Waals surface area contributed by atoms with Crippen molar-refractivity contribution in [2.75, 3.05) is 33.8 Å². The van der Waals surface area contributed by atoms with Gasteiger partial charge in [-0.3, -0.25) is 4.79 Å². The molecule has 1 aliphatic heterocycles. The molecule has 0 spiro atoms. The lowest BCUT2D eigenvalue weighted by Crippen LogP contribution is -2.29. The minimum Gasteiger partial charge on any atom is -0.480 e. The predicted octanol–water partition coefficient (Wildman–Crippen LogP) is -0.247. The zero-order valence-electron chi connectivity index (χ0n) is 9.57. The number of aliphatic hydroxyl groups excluding tert-OH is 1. The number of hydrogen-bond acceptors (Lipinski definition) is 4. The topological polar surface area (TPSA) is 72.8 Å². The van der Waals surface area contributed by atoms with Crippen molar-refractivity contribution in [1.29, 1.82) is 0 Å². The van der Waals surface area contributed by atoms with Gasteiger partial charge in [-0.2, -0.15) is 0 Å². The molecule has 5 heteroatoms. The van der Waals surface area contributed by atoms with Gasteiger partial charge in [0, 0.05) is 6.61 Å². The molecule has 1 heterocycles. The number of hydrogen-bond donors (Lipinski definition) is 3. The van der Waals surface area contributed by atoms with E-state index in [-0.39, 0.29) is 6.04 Å². The maximum absolute atomic E-state index is 10.1. The minimum absolute atomic E-state index is 0.269. The molecule has 0 aromatic heterocycles. The van der Waals surface area contributed by atoms with Crippen molar-refractivity contribution in [3.05, 3.63) is 0 Å². The van der Waals surface area contributed by atoms with Gasteiger partial charge in [-0.15, -0.1) is 0 Å². The van der Waals surface area contributed by atoms with Crippen LogP contribution < -0.4 is 5.32 Å². The summed E-state index contributed by atoms with van der Waals surface area (Å²) in [6, 6.07) is -0.269. The van der Waals surface area contributed by atoms with Gasteiger partial charge in [0.25, 0.3) is 0 Å². The molecule has 3 N–H and O–H groups in total. The fourth-order valence-corrected chi connectivity index (χ4v) is 1.28. The summed E-state index contributed by atoms with van der Waals surface area (Å²) in [5, 5.41) is 19.5. The highest BCUT2D eigenvalue weighted by Gasteiger charge is 2.20. The average molecular weight is 218 g/mol. The number of carbonyl (C=O) groups is 1. The second-order valence-corrected chi connectivity index (χ2v) is 3.87. The van der Waals surface area contributed by atoms with Gasteiger partial charge < -0.3 is 20.4 Å². The molecule has 0 unspecified atom stereocenters. The lowest BCUT2D eigenvalue weighted by molar-refractivity contribution is -0.139. The number of nitrogens with one attached hydrogen (secondary N) is 1. The van der Waals surface area contributed by atoms with Gasteiger partial charge in [0.15, 0.2) is 0 Å². The molecule has 1 atom stereocenters. The second kappa shape index (κ2) is 8.64. The maximum Gasteiger partial charge on any atom is 0.320 e. The van der Waals surface area contributed by atoms with E-state index in [9.17, 15) is 4.79 Å². The normalized spacial score (nSPS) is 19.9. The summed E-state index contributed by atoms with van der Waals surface area (Å²) in [7, 11) is 3.99. The Hall–Kier alpha value is -0.650. The lowest BCUT2D eigenvalue weighted by atomic mass is 10.2. The van der Waals surface area contributed by atoms with Crippen LogP contribution in [0.4, 0.5) is 0 Å². The van der Waals surface area contributed by atoms with E-state index in [0.717, 1.165) is 32.4 Å². The van der Waals surface area contributed by atoms with Gasteiger partial charge in [0.2, 0.25) is 0 Å². The Balaban J connectivity index is 0.000000265. The van der Waals surface area contributed by atoms with Gasteiger partial charge in [-0.25, -0.2) is 0 Å². The number of nitrogens with zero attached hydrogens (tertiary/aromatic N) is 1. The largest absolute Gasteiger partial charge is 0.480 e. The molecule has 15 heavy (non-hydrogen) atoms. The van der Waals surface area contributed by atoms with E-state index in [1.807, 2.05) is 14.1 Å². The number of carboxylic acid groups (broad SMARTS) is 1. The van der Waals surface area contributed by atoms with E-state index >= 15 is 0 Å². The zero-order chi connectivity index (χ0) is 11.7. The third kappa shape index (κ3) is 8.35. The summed E-state index contributed by atoms with van der Waals surface area (Å²) >= 11 is 0. The molecule has 0 aromatic rings. The Morgan fingerprint density at radius 1 is 1.53 bits per heavy atom. The van der Waals surface area contributed by atoms with E-state index < -0.39 is 5.97 Å². The van der Waals surface area contributed by atoms with Gasteiger partial charge in [-0.05, 0) is 46.4 Å². The molecule has 0 amide bonds. The first-order chi connectivity index (χ1) is 7.07. The Kier molecular flexibility index (Phi) is 8.27. The van der Waals surface area contributed by atoms with E-state index in [0.29, 0.717) is 6.61 Å². The van der Waals surface area contributed by atoms with Crippen molar-refractivity contribution in [1.82, 2.24) is 10.2 Å². The van der Waals surface area contributed by atoms with E-state index in [1.165, 1.54) is 0 Å². The van der Waals surface area contributed by atoms with Crippen LogP contribution in [0.15, 0.2) is 0 Å². The standard InChI is InChI=1S/C5H9NO2.C5H13NO/c7-5(8)4-2-1-3-6-4;1-6(2)4-3-5-7/h4,6H,1-3H2,(H,7,8);7H,3-5H2,1-2H3/t4-;/m0./s1. The molecule has 1 saturated heterocycles. The quantitative estimate of drug-likeness (QED) is 0.607. The van der Waals surface area contributed by atoms with Crippen LogP contribution in [-0.4, -0.2) is 60.9 Å². The molecule has 0 bridgehead atoms. The summed E-state index contributed by atoms with van der Waals surface area (Å²) in [5.41, 5.74) is 0. The first-order valence-electron chi connectivity index (χ1n) is 5.29. The van der Waals surface area contributed by atoms with Crippen molar-refractivity contribution in [2.45, 2.75) is 25.3 Å². The molecule has 1 aliphatic rings. The highest BCUT2D eigenvalue weighted by Crippen LogP contribution is 2.03. The first kappa shape index (κ1) is 14.3. The molecule has 0 aliphatic carbocycles. The predicted molar refractivity (Wildman–Crippen MR) is 58.9 cm³/mol. The van der Waals surface area contributed by atoms with Crippen LogP contribution in [0.5, 0.6) is 0 Å². The SMILES string of the molecule is CN(C)CCCO.O=C(O)[C@@H]1CCCN1. The summed E-state index contributed by atoms with van der Waals surface area (Å²) in [6.07, 6.45) is 2.67. The third-order valence-corrected chi connectivity index (χ3v) is 2.12. The van der Waals surface area contributed by atoms with Gasteiger partial charge in [-0.1, -0.05) is 0 Å². The summed E-state index contributed by atoms with van der Waals surface area (Å²) in [6.45, 7) is 2.14. The highest BCUT2D eigenvalue weighted by molar-refractivity contribution is 5.73. The van der Waals surface area contributed by atoms with Crippen LogP contribution in [0, 0.1) is 0 Å². The third-order valence-electron chi connectivity index (χ3n) is 2.12. The average Bonchev–Trinajstić information content (AvgIpc) is 2.68. The van der Waals surface area contributed by atoms with Crippen molar-refractivity contribution >= 4 is 5.97 Å². The van der Waals surface area contributed by atoms with Crippen molar-refractivity contribution in [3.8, 4) is 0 Å². The second-order valence-electron chi connectivity index (χ2n) is 3.87. The molecule has 0 saturated carbocycles. The van der Waals surface area contributed by atoms with Crippen LogP contribution in [0.3, 0.4) is 0 Å². The monoisotopic (exact) mass is 218 g/mol. The van der Waals surface area contributed by atoms with E-state index in [2.05, 4.69) is 10.2 Å². The first-order valence-corrected chi connectivity index (χ1v) is 5.29. The van der Waals surface area contributed by atoms with Gasteiger partial charge in [0.1, 0.15) is 6.04 Å². The zero-order valence-corrected chi connectivity index (χ0v) is 9.57. The summed E-state index contributed by atoms with van der Waals surface area (Å²) < 4.78 is 0. The van der Waals surface area contributed by atoms with Crippen molar-refractivity contribution in [3.63, 3.8) is 0 Å².